The Morgan fingerprint density at radius 2 is 1.70 bits per heavy atom. The van der Waals surface area contributed by atoms with Gasteiger partial charge in [-0.15, -0.1) is 12.4 Å². The maximum Gasteiger partial charge on any atom is 0.246 e. The van der Waals surface area contributed by atoms with Gasteiger partial charge < -0.3 is 10.2 Å². The highest BCUT2D eigenvalue weighted by Crippen LogP contribution is 2.05. The molecule has 1 aliphatic rings. The largest absolute Gasteiger partial charge is 0.337 e. The van der Waals surface area contributed by atoms with Crippen molar-refractivity contribution in [2.24, 2.45) is 0 Å². The van der Waals surface area contributed by atoms with Crippen molar-refractivity contribution in [3.05, 3.63) is 47.5 Å². The summed E-state index contributed by atoms with van der Waals surface area (Å²) < 4.78 is 0. The SMILES string of the molecule is Cc1ccc(C(=O)/C=C/C(=O)N2CCNCC2)cc1.Cl. The highest BCUT2D eigenvalue weighted by molar-refractivity contribution is 6.07. The van der Waals surface area contributed by atoms with E-state index in [4.69, 9.17) is 0 Å². The Morgan fingerprint density at radius 3 is 2.30 bits per heavy atom. The monoisotopic (exact) mass is 294 g/mol. The number of hydrogen-bond acceptors (Lipinski definition) is 3. The number of nitrogens with one attached hydrogen (secondary N) is 1. The highest BCUT2D eigenvalue weighted by Gasteiger charge is 2.13. The van der Waals surface area contributed by atoms with E-state index in [1.165, 1.54) is 12.2 Å². The van der Waals surface area contributed by atoms with E-state index in [2.05, 4.69) is 5.32 Å². The molecule has 1 heterocycles. The molecule has 0 spiro atoms. The summed E-state index contributed by atoms with van der Waals surface area (Å²) >= 11 is 0. The molecule has 0 aromatic heterocycles. The van der Waals surface area contributed by atoms with Gasteiger partial charge in [0, 0.05) is 37.8 Å². The van der Waals surface area contributed by atoms with Crippen molar-refractivity contribution in [3.8, 4) is 0 Å². The second kappa shape index (κ2) is 7.82. The number of rotatable bonds is 3. The van der Waals surface area contributed by atoms with Gasteiger partial charge in [-0.25, -0.2) is 0 Å². The molecule has 0 aliphatic carbocycles. The van der Waals surface area contributed by atoms with Crippen LogP contribution in [0, 0.1) is 6.92 Å². The van der Waals surface area contributed by atoms with Gasteiger partial charge in [0.25, 0.3) is 0 Å². The summed E-state index contributed by atoms with van der Waals surface area (Å²) in [6.45, 7) is 4.98. The molecule has 0 atom stereocenters. The number of carbonyl (C=O) groups is 2. The molecule has 1 fully saturated rings. The Bertz CT molecular complexity index is 491. The van der Waals surface area contributed by atoms with Crippen LogP contribution in [0.15, 0.2) is 36.4 Å². The summed E-state index contributed by atoms with van der Waals surface area (Å²) in [5.74, 6) is -0.231. The summed E-state index contributed by atoms with van der Waals surface area (Å²) in [6.07, 6.45) is 2.72. The van der Waals surface area contributed by atoms with Gasteiger partial charge in [0.15, 0.2) is 5.78 Å². The van der Waals surface area contributed by atoms with Crippen LogP contribution in [0.1, 0.15) is 15.9 Å². The predicted octanol–water partition coefficient (Wildman–Crippen LogP) is 1.59. The zero-order chi connectivity index (χ0) is 13.7. The smallest absolute Gasteiger partial charge is 0.246 e. The van der Waals surface area contributed by atoms with Gasteiger partial charge in [0.05, 0.1) is 0 Å². The maximum atomic E-state index is 11.9. The van der Waals surface area contributed by atoms with Gasteiger partial charge in [-0.05, 0) is 13.0 Å². The van der Waals surface area contributed by atoms with Crippen molar-refractivity contribution in [2.75, 3.05) is 26.2 Å². The van der Waals surface area contributed by atoms with Gasteiger partial charge in [-0.2, -0.15) is 0 Å². The number of piperazine rings is 1. The third-order valence-electron chi connectivity index (χ3n) is 3.14. The average molecular weight is 295 g/mol. The number of amides is 1. The topological polar surface area (TPSA) is 49.4 Å². The van der Waals surface area contributed by atoms with Crippen LogP contribution < -0.4 is 5.32 Å². The lowest BCUT2D eigenvalue weighted by molar-refractivity contribution is -0.126. The number of benzene rings is 1. The molecular weight excluding hydrogens is 276 g/mol. The third-order valence-corrected chi connectivity index (χ3v) is 3.14. The van der Waals surface area contributed by atoms with E-state index in [1.54, 1.807) is 17.0 Å². The second-order valence-corrected chi connectivity index (χ2v) is 4.64. The molecule has 0 radical (unpaired) electrons. The number of nitrogens with zero attached hydrogens (tertiary/aromatic N) is 1. The van der Waals surface area contributed by atoms with E-state index in [9.17, 15) is 9.59 Å². The maximum absolute atomic E-state index is 11.9. The van der Waals surface area contributed by atoms with Crippen LogP contribution in [-0.2, 0) is 4.79 Å². The van der Waals surface area contributed by atoms with Crippen molar-refractivity contribution in [3.63, 3.8) is 0 Å². The van der Waals surface area contributed by atoms with E-state index >= 15 is 0 Å². The molecule has 0 unspecified atom stereocenters. The summed E-state index contributed by atoms with van der Waals surface area (Å²) in [6, 6.07) is 7.33. The minimum absolute atomic E-state index is 0. The fraction of sp³-hybridized carbons (Fsp3) is 0.333. The van der Waals surface area contributed by atoms with Crippen molar-refractivity contribution in [1.82, 2.24) is 10.2 Å². The van der Waals surface area contributed by atoms with Crippen LogP contribution >= 0.6 is 12.4 Å². The normalized spacial score (nSPS) is 14.9. The summed E-state index contributed by atoms with van der Waals surface area (Å²) in [5.41, 5.74) is 1.72. The molecule has 4 nitrogen and oxygen atoms in total. The lowest BCUT2D eigenvalue weighted by Crippen LogP contribution is -2.45. The van der Waals surface area contributed by atoms with E-state index in [0.29, 0.717) is 18.7 Å². The molecule has 1 aromatic rings. The molecule has 5 heteroatoms. The molecule has 2 rings (SSSR count). The number of allylic oxidation sites excluding steroid dienone is 1. The van der Waals surface area contributed by atoms with Crippen molar-refractivity contribution >= 4 is 24.1 Å². The lowest BCUT2D eigenvalue weighted by atomic mass is 10.1. The molecule has 1 saturated heterocycles. The molecule has 0 bridgehead atoms. The van der Waals surface area contributed by atoms with E-state index in [-0.39, 0.29) is 24.1 Å². The van der Waals surface area contributed by atoms with Gasteiger partial charge in [-0.3, -0.25) is 9.59 Å². The molecule has 108 valence electrons. The first-order valence-corrected chi connectivity index (χ1v) is 6.45. The molecule has 1 aliphatic heterocycles. The molecule has 20 heavy (non-hydrogen) atoms. The zero-order valence-corrected chi connectivity index (χ0v) is 12.3. The Hall–Kier alpha value is -1.65. The van der Waals surface area contributed by atoms with Crippen LogP contribution in [-0.4, -0.2) is 42.8 Å². The summed E-state index contributed by atoms with van der Waals surface area (Å²) in [5, 5.41) is 3.18. The fourth-order valence-corrected chi connectivity index (χ4v) is 1.95. The van der Waals surface area contributed by atoms with Crippen molar-refractivity contribution in [2.45, 2.75) is 6.92 Å². The van der Waals surface area contributed by atoms with Crippen molar-refractivity contribution in [1.29, 1.82) is 0 Å². The number of carbonyl (C=O) groups excluding carboxylic acids is 2. The summed E-state index contributed by atoms with van der Waals surface area (Å²) in [7, 11) is 0. The van der Waals surface area contributed by atoms with Crippen LogP contribution in [0.3, 0.4) is 0 Å². The minimum Gasteiger partial charge on any atom is -0.337 e. The van der Waals surface area contributed by atoms with Gasteiger partial charge in [-0.1, -0.05) is 29.8 Å². The molecule has 1 amide bonds. The lowest BCUT2D eigenvalue weighted by Gasteiger charge is -2.26. The minimum atomic E-state index is -0.136. The number of halogens is 1. The predicted molar refractivity (Wildman–Crippen MR) is 81.3 cm³/mol. The first-order valence-electron chi connectivity index (χ1n) is 6.45. The second-order valence-electron chi connectivity index (χ2n) is 4.64. The van der Waals surface area contributed by atoms with Crippen LogP contribution in [0.5, 0.6) is 0 Å². The standard InChI is InChI=1S/C15H18N2O2.ClH/c1-12-2-4-13(5-3-12)14(18)6-7-15(19)17-10-8-16-9-11-17;/h2-7,16H,8-11H2,1H3;1H/b7-6+;. The van der Waals surface area contributed by atoms with E-state index < -0.39 is 0 Å². The number of aryl methyl sites for hydroxylation is 1. The van der Waals surface area contributed by atoms with E-state index in [0.717, 1.165) is 18.7 Å². The van der Waals surface area contributed by atoms with Crippen molar-refractivity contribution < 1.29 is 9.59 Å². The quantitative estimate of drug-likeness (QED) is 0.680. The first kappa shape index (κ1) is 16.4. The van der Waals surface area contributed by atoms with Crippen LogP contribution in [0.2, 0.25) is 0 Å². The van der Waals surface area contributed by atoms with Gasteiger partial charge >= 0.3 is 0 Å². The fourth-order valence-electron chi connectivity index (χ4n) is 1.95. The average Bonchev–Trinajstić information content (AvgIpc) is 2.46. The van der Waals surface area contributed by atoms with Gasteiger partial charge in [0.2, 0.25) is 5.91 Å². The molecule has 1 aromatic carbocycles. The Balaban J connectivity index is 0.00000200. The third kappa shape index (κ3) is 4.47. The Kier molecular flexibility index (Phi) is 6.42. The molecule has 0 saturated carbocycles. The van der Waals surface area contributed by atoms with E-state index in [1.807, 2.05) is 19.1 Å². The van der Waals surface area contributed by atoms with Crippen LogP contribution in [0.4, 0.5) is 0 Å². The number of hydrogen-bond donors (Lipinski definition) is 1. The van der Waals surface area contributed by atoms with Gasteiger partial charge in [0.1, 0.15) is 0 Å². The number of ketones is 1. The zero-order valence-electron chi connectivity index (χ0n) is 11.5. The highest BCUT2D eigenvalue weighted by atomic mass is 35.5. The summed E-state index contributed by atoms with van der Waals surface area (Å²) in [4.78, 5) is 25.5. The molecular formula is C15H19ClN2O2. The first-order chi connectivity index (χ1) is 9.16. The Morgan fingerprint density at radius 1 is 1.10 bits per heavy atom. The Labute approximate surface area is 125 Å². The van der Waals surface area contributed by atoms with Crippen LogP contribution in [0.25, 0.3) is 0 Å². The molecule has 1 N–H and O–H groups in total.